The zero-order chi connectivity index (χ0) is 16.4. The fraction of sp³-hybridized carbons (Fsp3) is 0.0500. The minimum Gasteiger partial charge on any atom is -0.288 e. The van der Waals surface area contributed by atoms with Gasteiger partial charge < -0.3 is 0 Å². The SMILES string of the molecule is O=c1c(-c2cccnc2)cc2cccnc2n1Cc1ccccc1. The number of fused-ring (bicyclic) bond motifs is 1. The van der Waals surface area contributed by atoms with Crippen LogP contribution in [0.1, 0.15) is 5.56 Å². The lowest BCUT2D eigenvalue weighted by Crippen LogP contribution is -2.23. The van der Waals surface area contributed by atoms with Crippen LogP contribution >= 0.6 is 0 Å². The van der Waals surface area contributed by atoms with Crippen molar-refractivity contribution >= 4 is 11.0 Å². The molecule has 0 N–H and O–H groups in total. The van der Waals surface area contributed by atoms with E-state index in [-0.39, 0.29) is 5.56 Å². The summed E-state index contributed by atoms with van der Waals surface area (Å²) in [6.45, 7) is 0.487. The highest BCUT2D eigenvalue weighted by Crippen LogP contribution is 2.19. The molecule has 24 heavy (non-hydrogen) atoms. The lowest BCUT2D eigenvalue weighted by Gasteiger charge is -2.12. The van der Waals surface area contributed by atoms with Gasteiger partial charge in [-0.3, -0.25) is 14.3 Å². The lowest BCUT2D eigenvalue weighted by atomic mass is 10.1. The average molecular weight is 313 g/mol. The van der Waals surface area contributed by atoms with E-state index in [0.717, 1.165) is 16.5 Å². The first kappa shape index (κ1) is 14.3. The van der Waals surface area contributed by atoms with Crippen LogP contribution in [0.2, 0.25) is 0 Å². The number of nitrogens with zero attached hydrogens (tertiary/aromatic N) is 3. The van der Waals surface area contributed by atoms with Gasteiger partial charge >= 0.3 is 0 Å². The molecular weight excluding hydrogens is 298 g/mol. The van der Waals surface area contributed by atoms with Gasteiger partial charge in [-0.25, -0.2) is 4.98 Å². The molecule has 0 aliphatic heterocycles. The maximum atomic E-state index is 13.1. The molecular formula is C20H15N3O. The second-order valence-corrected chi connectivity index (χ2v) is 5.59. The van der Waals surface area contributed by atoms with Gasteiger partial charge in [-0.1, -0.05) is 36.4 Å². The third-order valence-corrected chi connectivity index (χ3v) is 4.00. The molecule has 0 spiro atoms. The van der Waals surface area contributed by atoms with Crippen LogP contribution in [0.15, 0.2) is 84.0 Å². The van der Waals surface area contributed by atoms with Crippen molar-refractivity contribution in [2.24, 2.45) is 0 Å². The van der Waals surface area contributed by atoms with Crippen molar-refractivity contribution < 1.29 is 0 Å². The zero-order valence-electron chi connectivity index (χ0n) is 13.0. The van der Waals surface area contributed by atoms with Crippen molar-refractivity contribution in [2.45, 2.75) is 6.54 Å². The van der Waals surface area contributed by atoms with Crippen molar-refractivity contribution in [2.75, 3.05) is 0 Å². The molecule has 3 aromatic heterocycles. The predicted molar refractivity (Wildman–Crippen MR) is 94.8 cm³/mol. The van der Waals surface area contributed by atoms with Crippen molar-refractivity contribution in [1.82, 2.24) is 14.5 Å². The van der Waals surface area contributed by atoms with E-state index in [1.807, 2.05) is 60.7 Å². The summed E-state index contributed by atoms with van der Waals surface area (Å²) < 4.78 is 1.73. The first-order chi connectivity index (χ1) is 11.8. The Morgan fingerprint density at radius 3 is 2.54 bits per heavy atom. The Kier molecular flexibility index (Phi) is 3.63. The van der Waals surface area contributed by atoms with Crippen LogP contribution in [0.4, 0.5) is 0 Å². The largest absolute Gasteiger partial charge is 0.288 e. The van der Waals surface area contributed by atoms with Crippen LogP contribution in [-0.4, -0.2) is 14.5 Å². The minimum absolute atomic E-state index is 0.0574. The highest BCUT2D eigenvalue weighted by Gasteiger charge is 2.12. The molecule has 0 unspecified atom stereocenters. The van der Waals surface area contributed by atoms with E-state index in [0.29, 0.717) is 17.8 Å². The predicted octanol–water partition coefficient (Wildman–Crippen LogP) is 3.51. The number of rotatable bonds is 3. The first-order valence-corrected chi connectivity index (χ1v) is 7.76. The third-order valence-electron chi connectivity index (χ3n) is 4.00. The Labute approximate surface area is 139 Å². The summed E-state index contributed by atoms with van der Waals surface area (Å²) in [5.41, 5.74) is 3.15. The van der Waals surface area contributed by atoms with Gasteiger partial charge in [-0.15, -0.1) is 0 Å². The Morgan fingerprint density at radius 2 is 1.75 bits per heavy atom. The summed E-state index contributed by atoms with van der Waals surface area (Å²) in [7, 11) is 0. The molecule has 4 nitrogen and oxygen atoms in total. The van der Waals surface area contributed by atoms with Gasteiger partial charge in [0.2, 0.25) is 0 Å². The molecule has 3 heterocycles. The number of aromatic nitrogens is 3. The average Bonchev–Trinajstić information content (AvgIpc) is 2.65. The summed E-state index contributed by atoms with van der Waals surface area (Å²) in [5, 5.41) is 0.937. The van der Waals surface area contributed by atoms with Gasteiger partial charge in [0, 0.05) is 35.1 Å². The molecule has 4 rings (SSSR count). The molecule has 0 atom stereocenters. The second kappa shape index (κ2) is 6.08. The van der Waals surface area contributed by atoms with Gasteiger partial charge in [0.25, 0.3) is 5.56 Å². The van der Waals surface area contributed by atoms with E-state index in [1.165, 1.54) is 0 Å². The van der Waals surface area contributed by atoms with Gasteiger partial charge in [0.15, 0.2) is 0 Å². The monoisotopic (exact) mass is 313 g/mol. The molecule has 0 saturated heterocycles. The van der Waals surface area contributed by atoms with E-state index in [4.69, 9.17) is 0 Å². The number of hydrogen-bond acceptors (Lipinski definition) is 3. The van der Waals surface area contributed by atoms with E-state index in [9.17, 15) is 4.79 Å². The summed E-state index contributed by atoms with van der Waals surface area (Å²) >= 11 is 0. The highest BCUT2D eigenvalue weighted by atomic mass is 16.1. The fourth-order valence-corrected chi connectivity index (χ4v) is 2.85. The molecule has 1 aromatic carbocycles. The standard InChI is InChI=1S/C20H15N3O/c24-20-18(17-9-4-10-21-13-17)12-16-8-5-11-22-19(16)23(20)14-15-6-2-1-3-7-15/h1-13H,14H2. The van der Waals surface area contributed by atoms with Crippen LogP contribution < -0.4 is 5.56 Å². The summed E-state index contributed by atoms with van der Waals surface area (Å²) in [6.07, 6.45) is 5.13. The van der Waals surface area contributed by atoms with Crippen molar-refractivity contribution in [3.63, 3.8) is 0 Å². The molecule has 0 radical (unpaired) electrons. The Balaban J connectivity index is 1.97. The van der Waals surface area contributed by atoms with Crippen molar-refractivity contribution in [1.29, 1.82) is 0 Å². The Morgan fingerprint density at radius 1 is 0.917 bits per heavy atom. The minimum atomic E-state index is -0.0574. The Hall–Kier alpha value is -3.27. The molecule has 0 fully saturated rings. The van der Waals surface area contributed by atoms with Crippen molar-refractivity contribution in [3.8, 4) is 11.1 Å². The number of hydrogen-bond donors (Lipinski definition) is 0. The molecule has 0 bridgehead atoms. The summed E-state index contributed by atoms with van der Waals surface area (Å²) in [4.78, 5) is 21.6. The van der Waals surface area contributed by atoms with Gasteiger partial charge in [-0.05, 0) is 29.8 Å². The molecule has 116 valence electrons. The fourth-order valence-electron chi connectivity index (χ4n) is 2.85. The Bertz CT molecular complexity index is 1040. The summed E-state index contributed by atoms with van der Waals surface area (Å²) in [6, 6.07) is 19.4. The zero-order valence-corrected chi connectivity index (χ0v) is 13.0. The van der Waals surface area contributed by atoms with Crippen molar-refractivity contribution in [3.05, 3.63) is 95.2 Å². The highest BCUT2D eigenvalue weighted by molar-refractivity contribution is 5.81. The topological polar surface area (TPSA) is 47.8 Å². The van der Waals surface area contributed by atoms with Gasteiger partial charge in [0.05, 0.1) is 6.54 Å². The third kappa shape index (κ3) is 2.58. The van der Waals surface area contributed by atoms with Crippen LogP contribution in [-0.2, 0) is 6.54 Å². The van der Waals surface area contributed by atoms with E-state index >= 15 is 0 Å². The molecule has 4 aromatic rings. The summed E-state index contributed by atoms with van der Waals surface area (Å²) in [5.74, 6) is 0. The van der Waals surface area contributed by atoms with Crippen LogP contribution in [0.3, 0.4) is 0 Å². The van der Waals surface area contributed by atoms with Gasteiger partial charge in [-0.2, -0.15) is 0 Å². The second-order valence-electron chi connectivity index (χ2n) is 5.59. The molecule has 0 amide bonds. The quantitative estimate of drug-likeness (QED) is 0.581. The molecule has 4 heteroatoms. The lowest BCUT2D eigenvalue weighted by molar-refractivity contribution is 0.785. The number of pyridine rings is 3. The van der Waals surface area contributed by atoms with Crippen LogP contribution in [0.5, 0.6) is 0 Å². The molecule has 0 aliphatic rings. The van der Waals surface area contributed by atoms with E-state index < -0.39 is 0 Å². The van der Waals surface area contributed by atoms with Crippen LogP contribution in [0.25, 0.3) is 22.2 Å². The first-order valence-electron chi connectivity index (χ1n) is 7.76. The van der Waals surface area contributed by atoms with E-state index in [1.54, 1.807) is 23.2 Å². The van der Waals surface area contributed by atoms with Crippen LogP contribution in [0, 0.1) is 0 Å². The maximum absolute atomic E-state index is 13.1. The molecule has 0 saturated carbocycles. The smallest absolute Gasteiger partial charge is 0.260 e. The maximum Gasteiger partial charge on any atom is 0.260 e. The molecule has 0 aliphatic carbocycles. The number of benzene rings is 1. The van der Waals surface area contributed by atoms with Gasteiger partial charge in [0.1, 0.15) is 5.65 Å². The van der Waals surface area contributed by atoms with E-state index in [2.05, 4.69) is 9.97 Å². The normalized spacial score (nSPS) is 10.8.